The van der Waals surface area contributed by atoms with Crippen LogP contribution in [-0.2, 0) is 24.9 Å². The first-order valence-electron chi connectivity index (χ1n) is 7.25. The van der Waals surface area contributed by atoms with E-state index in [4.69, 9.17) is 0 Å². The fourth-order valence-corrected chi connectivity index (χ4v) is 2.73. The zero-order valence-corrected chi connectivity index (χ0v) is 12.1. The van der Waals surface area contributed by atoms with E-state index in [1.165, 1.54) is 42.4 Å². The molecule has 0 fully saturated rings. The van der Waals surface area contributed by atoms with Crippen molar-refractivity contribution in [1.82, 2.24) is 25.9 Å². The van der Waals surface area contributed by atoms with Gasteiger partial charge in [-0.25, -0.2) is 0 Å². The largest absolute Gasteiger partial charge is 0.301 e. The van der Waals surface area contributed by atoms with Crippen molar-refractivity contribution in [1.29, 1.82) is 0 Å². The van der Waals surface area contributed by atoms with Gasteiger partial charge in [-0.05, 0) is 56.2 Å². The molecule has 0 atom stereocenters. The summed E-state index contributed by atoms with van der Waals surface area (Å²) in [5.41, 5.74) is 4.08. The Kier molecular flexibility index (Phi) is 3.53. The molecular weight excluding hydrogens is 250 g/mol. The number of hydrogen-bond donors (Lipinski definition) is 2. The first-order chi connectivity index (χ1) is 9.65. The molecule has 0 saturated heterocycles. The lowest BCUT2D eigenvalue weighted by molar-refractivity contribution is 0.378. The third-order valence-corrected chi connectivity index (χ3v) is 4.05. The van der Waals surface area contributed by atoms with Crippen LogP contribution < -0.4 is 5.32 Å². The minimum absolute atomic E-state index is 0.289. The topological polar surface area (TPSA) is 66.5 Å². The Morgan fingerprint density at radius 1 is 1.20 bits per heavy atom. The Labute approximate surface area is 119 Å². The molecular formula is C15H21N5. The molecule has 106 valence electrons. The van der Waals surface area contributed by atoms with Gasteiger partial charge in [-0.2, -0.15) is 5.21 Å². The lowest BCUT2D eigenvalue weighted by Crippen LogP contribution is -2.37. The van der Waals surface area contributed by atoms with E-state index in [0.29, 0.717) is 5.82 Å². The molecule has 5 heteroatoms. The number of aromatic amines is 1. The summed E-state index contributed by atoms with van der Waals surface area (Å²) in [5.74, 6) is 0.690. The number of nitrogens with one attached hydrogen (secondary N) is 2. The van der Waals surface area contributed by atoms with Crippen molar-refractivity contribution in [2.24, 2.45) is 0 Å². The van der Waals surface area contributed by atoms with Crippen molar-refractivity contribution in [2.45, 2.75) is 51.6 Å². The van der Waals surface area contributed by atoms with E-state index in [2.05, 4.69) is 58.0 Å². The van der Waals surface area contributed by atoms with Crippen LogP contribution in [0.25, 0.3) is 0 Å². The monoisotopic (exact) mass is 271 g/mol. The minimum atomic E-state index is -0.289. The van der Waals surface area contributed by atoms with Gasteiger partial charge in [0.1, 0.15) is 0 Å². The molecule has 1 aliphatic rings. The van der Waals surface area contributed by atoms with Crippen molar-refractivity contribution in [2.75, 3.05) is 0 Å². The highest BCUT2D eigenvalue weighted by Crippen LogP contribution is 2.23. The van der Waals surface area contributed by atoms with E-state index in [-0.39, 0.29) is 5.54 Å². The SMILES string of the molecule is CC(C)(NCc1ccc2c(c1)CCCC2)c1nn[nH]n1. The normalized spacial score (nSPS) is 15.1. The van der Waals surface area contributed by atoms with Crippen LogP contribution >= 0.6 is 0 Å². The summed E-state index contributed by atoms with van der Waals surface area (Å²) in [4.78, 5) is 0. The molecule has 0 spiro atoms. The molecule has 0 radical (unpaired) electrons. The second kappa shape index (κ2) is 5.32. The van der Waals surface area contributed by atoms with Crippen molar-refractivity contribution in [3.63, 3.8) is 0 Å². The van der Waals surface area contributed by atoms with Gasteiger partial charge in [-0.15, -0.1) is 10.2 Å². The fourth-order valence-electron chi connectivity index (χ4n) is 2.73. The van der Waals surface area contributed by atoms with Gasteiger partial charge in [0.15, 0.2) is 5.82 Å². The predicted octanol–water partition coefficient (Wildman–Crippen LogP) is 2.10. The Hall–Kier alpha value is -1.75. The number of aryl methyl sites for hydroxylation is 2. The van der Waals surface area contributed by atoms with Crippen LogP contribution in [0.4, 0.5) is 0 Å². The van der Waals surface area contributed by atoms with Crippen LogP contribution in [0.3, 0.4) is 0 Å². The Balaban J connectivity index is 1.69. The van der Waals surface area contributed by atoms with Crippen LogP contribution in [0.15, 0.2) is 18.2 Å². The summed E-state index contributed by atoms with van der Waals surface area (Å²) in [5, 5.41) is 17.8. The van der Waals surface area contributed by atoms with Gasteiger partial charge in [0.05, 0.1) is 5.54 Å². The standard InChI is InChI=1S/C15H21N5/c1-15(2,14-17-19-20-18-14)16-10-11-7-8-12-5-3-4-6-13(12)9-11/h7-9,16H,3-6,10H2,1-2H3,(H,17,18,19,20). The Morgan fingerprint density at radius 2 is 2.00 bits per heavy atom. The molecule has 20 heavy (non-hydrogen) atoms. The number of nitrogens with zero attached hydrogens (tertiary/aromatic N) is 3. The molecule has 2 N–H and O–H groups in total. The van der Waals surface area contributed by atoms with Gasteiger partial charge in [-0.1, -0.05) is 23.4 Å². The summed E-state index contributed by atoms with van der Waals surface area (Å²) in [6.07, 6.45) is 5.10. The maximum Gasteiger partial charge on any atom is 0.193 e. The molecule has 0 aliphatic heterocycles. The fraction of sp³-hybridized carbons (Fsp3) is 0.533. The summed E-state index contributed by atoms with van der Waals surface area (Å²) in [6.45, 7) is 4.95. The van der Waals surface area contributed by atoms with E-state index in [1.807, 2.05) is 0 Å². The summed E-state index contributed by atoms with van der Waals surface area (Å²) in [6, 6.07) is 6.85. The number of tetrazole rings is 1. The molecule has 5 nitrogen and oxygen atoms in total. The van der Waals surface area contributed by atoms with Gasteiger partial charge in [0.2, 0.25) is 0 Å². The summed E-state index contributed by atoms with van der Waals surface area (Å²) >= 11 is 0. The van der Waals surface area contributed by atoms with Crippen LogP contribution in [0.1, 0.15) is 49.2 Å². The van der Waals surface area contributed by atoms with Crippen molar-refractivity contribution in [3.05, 3.63) is 40.7 Å². The highest BCUT2D eigenvalue weighted by Gasteiger charge is 2.24. The zero-order chi connectivity index (χ0) is 14.0. The third-order valence-electron chi connectivity index (χ3n) is 4.05. The van der Waals surface area contributed by atoms with Crippen LogP contribution in [0, 0.1) is 0 Å². The number of H-pyrrole nitrogens is 1. The number of hydrogen-bond acceptors (Lipinski definition) is 4. The summed E-state index contributed by atoms with van der Waals surface area (Å²) < 4.78 is 0. The second-order valence-corrected chi connectivity index (χ2v) is 6.02. The first kappa shape index (κ1) is 13.2. The van der Waals surface area contributed by atoms with E-state index < -0.39 is 0 Å². The molecule has 1 heterocycles. The van der Waals surface area contributed by atoms with Gasteiger partial charge in [-0.3, -0.25) is 0 Å². The highest BCUT2D eigenvalue weighted by molar-refractivity contribution is 5.33. The van der Waals surface area contributed by atoms with Crippen LogP contribution in [0.2, 0.25) is 0 Å². The number of aromatic nitrogens is 4. The minimum Gasteiger partial charge on any atom is -0.301 e. The lowest BCUT2D eigenvalue weighted by Gasteiger charge is -2.23. The number of rotatable bonds is 4. The van der Waals surface area contributed by atoms with Crippen molar-refractivity contribution < 1.29 is 0 Å². The van der Waals surface area contributed by atoms with Crippen LogP contribution in [-0.4, -0.2) is 20.6 Å². The maximum atomic E-state index is 4.06. The smallest absolute Gasteiger partial charge is 0.193 e. The molecule has 1 aromatic carbocycles. The van der Waals surface area contributed by atoms with Gasteiger partial charge in [0, 0.05) is 6.54 Å². The van der Waals surface area contributed by atoms with Gasteiger partial charge in [0.25, 0.3) is 0 Å². The van der Waals surface area contributed by atoms with Gasteiger partial charge < -0.3 is 5.32 Å². The molecule has 3 rings (SSSR count). The average Bonchev–Trinajstić information content (AvgIpc) is 3.00. The van der Waals surface area contributed by atoms with E-state index >= 15 is 0 Å². The Morgan fingerprint density at radius 3 is 2.75 bits per heavy atom. The number of fused-ring (bicyclic) bond motifs is 1. The van der Waals surface area contributed by atoms with Crippen LogP contribution in [0.5, 0.6) is 0 Å². The zero-order valence-electron chi connectivity index (χ0n) is 12.1. The predicted molar refractivity (Wildman–Crippen MR) is 77.1 cm³/mol. The first-order valence-corrected chi connectivity index (χ1v) is 7.25. The molecule has 0 saturated carbocycles. The molecule has 0 amide bonds. The molecule has 0 unspecified atom stereocenters. The molecule has 0 bridgehead atoms. The van der Waals surface area contributed by atoms with E-state index in [9.17, 15) is 0 Å². The third kappa shape index (κ3) is 2.72. The number of benzene rings is 1. The Bertz CT molecular complexity index is 574. The average molecular weight is 271 g/mol. The van der Waals surface area contributed by atoms with Gasteiger partial charge >= 0.3 is 0 Å². The molecule has 2 aromatic rings. The highest BCUT2D eigenvalue weighted by atomic mass is 15.5. The quantitative estimate of drug-likeness (QED) is 0.893. The lowest BCUT2D eigenvalue weighted by atomic mass is 9.90. The second-order valence-electron chi connectivity index (χ2n) is 6.02. The molecule has 1 aliphatic carbocycles. The maximum absolute atomic E-state index is 4.06. The van der Waals surface area contributed by atoms with Crippen molar-refractivity contribution >= 4 is 0 Å². The van der Waals surface area contributed by atoms with E-state index in [1.54, 1.807) is 0 Å². The molecule has 1 aromatic heterocycles. The van der Waals surface area contributed by atoms with Crippen molar-refractivity contribution in [3.8, 4) is 0 Å². The van der Waals surface area contributed by atoms with E-state index in [0.717, 1.165) is 6.54 Å². The summed E-state index contributed by atoms with van der Waals surface area (Å²) in [7, 11) is 0.